The fraction of sp³-hybridized carbons (Fsp3) is 0.192. The molecule has 3 aromatic carbocycles. The summed E-state index contributed by atoms with van der Waals surface area (Å²) < 4.78 is 19.4. The zero-order chi connectivity index (χ0) is 24.2. The Bertz CT molecular complexity index is 1210. The predicted molar refractivity (Wildman–Crippen MR) is 124 cm³/mol. The maximum absolute atomic E-state index is 13.9. The first-order valence-electron chi connectivity index (χ1n) is 10.8. The van der Waals surface area contributed by atoms with Crippen molar-refractivity contribution in [2.24, 2.45) is 0 Å². The topological polar surface area (TPSA) is 105 Å². The number of carbonyl (C=O) groups excluding carboxylic acids is 2. The van der Waals surface area contributed by atoms with Crippen LogP contribution in [0.25, 0.3) is 11.1 Å². The van der Waals surface area contributed by atoms with Crippen molar-refractivity contribution in [2.45, 2.75) is 25.3 Å². The summed E-state index contributed by atoms with van der Waals surface area (Å²) in [6, 6.07) is 18.5. The van der Waals surface area contributed by atoms with Crippen LogP contribution in [0.3, 0.4) is 0 Å². The average molecular weight is 462 g/mol. The van der Waals surface area contributed by atoms with Gasteiger partial charge in [-0.15, -0.1) is 0 Å². The molecule has 34 heavy (non-hydrogen) atoms. The van der Waals surface area contributed by atoms with Crippen LogP contribution in [0.5, 0.6) is 0 Å². The lowest BCUT2D eigenvalue weighted by atomic mass is 9.98. The lowest BCUT2D eigenvalue weighted by molar-refractivity contribution is -0.116. The van der Waals surface area contributed by atoms with Crippen LogP contribution in [0.4, 0.5) is 14.9 Å². The van der Waals surface area contributed by atoms with E-state index in [1.165, 1.54) is 0 Å². The molecule has 0 aliphatic heterocycles. The normalized spacial score (nSPS) is 12.9. The Morgan fingerprint density at radius 2 is 1.62 bits per heavy atom. The standard InChI is InChI=1S/C26H23FN2O5/c1-15(12-24(30)29-23-13-16(25(31)32)10-11-22(23)27)28-26(33)34-14-21-19-8-4-2-6-17(19)18-7-3-5-9-20(18)21/h2-11,13,15,21H,12,14H2,1H3,(H,28,33)(H,29,30)(H,31,32). The van der Waals surface area contributed by atoms with Crippen molar-refractivity contribution >= 4 is 23.7 Å². The summed E-state index contributed by atoms with van der Waals surface area (Å²) in [5.41, 5.74) is 4.04. The zero-order valence-corrected chi connectivity index (χ0v) is 18.4. The molecule has 2 amide bonds. The number of anilines is 1. The summed E-state index contributed by atoms with van der Waals surface area (Å²) in [6.07, 6.45) is -0.817. The van der Waals surface area contributed by atoms with E-state index in [9.17, 15) is 18.8 Å². The quantitative estimate of drug-likeness (QED) is 0.469. The number of nitrogens with one attached hydrogen (secondary N) is 2. The lowest BCUT2D eigenvalue weighted by Crippen LogP contribution is -2.36. The number of benzene rings is 3. The van der Waals surface area contributed by atoms with Crippen LogP contribution in [-0.2, 0) is 9.53 Å². The molecule has 0 heterocycles. The molecule has 1 atom stereocenters. The van der Waals surface area contributed by atoms with Crippen molar-refractivity contribution in [3.8, 4) is 11.1 Å². The maximum Gasteiger partial charge on any atom is 0.407 e. The van der Waals surface area contributed by atoms with Crippen LogP contribution in [0, 0.1) is 5.82 Å². The number of hydrogen-bond acceptors (Lipinski definition) is 4. The van der Waals surface area contributed by atoms with Gasteiger partial charge < -0.3 is 20.5 Å². The van der Waals surface area contributed by atoms with Crippen molar-refractivity contribution in [1.82, 2.24) is 5.32 Å². The van der Waals surface area contributed by atoms with Crippen molar-refractivity contribution in [2.75, 3.05) is 11.9 Å². The van der Waals surface area contributed by atoms with Crippen LogP contribution < -0.4 is 10.6 Å². The van der Waals surface area contributed by atoms with Crippen LogP contribution >= 0.6 is 0 Å². The number of ether oxygens (including phenoxy) is 1. The first-order chi connectivity index (χ1) is 16.3. The van der Waals surface area contributed by atoms with Gasteiger partial charge in [-0.1, -0.05) is 48.5 Å². The van der Waals surface area contributed by atoms with Crippen molar-refractivity contribution in [3.63, 3.8) is 0 Å². The molecule has 1 aliphatic rings. The van der Waals surface area contributed by atoms with Gasteiger partial charge in [0.15, 0.2) is 0 Å². The van der Waals surface area contributed by atoms with Gasteiger partial charge in [0, 0.05) is 18.4 Å². The SMILES string of the molecule is CC(CC(=O)Nc1cc(C(=O)O)ccc1F)NC(=O)OCC1c2ccccc2-c2ccccc21. The van der Waals surface area contributed by atoms with Crippen molar-refractivity contribution < 1.29 is 28.6 Å². The van der Waals surface area contributed by atoms with Gasteiger partial charge in [0.25, 0.3) is 0 Å². The molecule has 1 unspecified atom stereocenters. The highest BCUT2D eigenvalue weighted by Gasteiger charge is 2.29. The molecule has 3 N–H and O–H groups in total. The number of hydrogen-bond donors (Lipinski definition) is 3. The molecule has 174 valence electrons. The second kappa shape index (κ2) is 9.74. The van der Waals surface area contributed by atoms with E-state index in [1.54, 1.807) is 6.92 Å². The van der Waals surface area contributed by atoms with Gasteiger partial charge in [0.2, 0.25) is 5.91 Å². The second-order valence-electron chi connectivity index (χ2n) is 8.12. The molecule has 0 radical (unpaired) electrons. The number of aromatic carboxylic acids is 1. The van der Waals surface area contributed by atoms with Crippen molar-refractivity contribution in [1.29, 1.82) is 0 Å². The Morgan fingerprint density at radius 1 is 1.00 bits per heavy atom. The molecule has 1 aliphatic carbocycles. The summed E-state index contributed by atoms with van der Waals surface area (Å²) in [7, 11) is 0. The van der Waals surface area contributed by atoms with Gasteiger partial charge in [-0.3, -0.25) is 4.79 Å². The van der Waals surface area contributed by atoms with Crippen LogP contribution in [-0.4, -0.2) is 35.7 Å². The molecule has 8 heteroatoms. The van der Waals surface area contributed by atoms with E-state index in [0.717, 1.165) is 40.5 Å². The van der Waals surface area contributed by atoms with Crippen molar-refractivity contribution in [3.05, 3.63) is 89.2 Å². The Hall–Kier alpha value is -4.20. The van der Waals surface area contributed by atoms with E-state index in [4.69, 9.17) is 9.84 Å². The van der Waals surface area contributed by atoms with Gasteiger partial charge in [-0.05, 0) is 47.4 Å². The van der Waals surface area contributed by atoms with Crippen LogP contribution in [0.1, 0.15) is 40.7 Å². The number of carboxylic acid groups (broad SMARTS) is 1. The predicted octanol–water partition coefficient (Wildman–Crippen LogP) is 4.78. The zero-order valence-electron chi connectivity index (χ0n) is 18.4. The fourth-order valence-electron chi connectivity index (χ4n) is 4.13. The monoisotopic (exact) mass is 462 g/mol. The van der Waals surface area contributed by atoms with Crippen LogP contribution in [0.2, 0.25) is 0 Å². The maximum atomic E-state index is 13.9. The highest BCUT2D eigenvalue weighted by molar-refractivity contribution is 5.94. The summed E-state index contributed by atoms with van der Waals surface area (Å²) in [5.74, 6) is -2.65. The van der Waals surface area contributed by atoms with Gasteiger partial charge in [0.1, 0.15) is 12.4 Å². The highest BCUT2D eigenvalue weighted by Crippen LogP contribution is 2.44. The highest BCUT2D eigenvalue weighted by atomic mass is 19.1. The molecule has 0 saturated carbocycles. The first kappa shape index (κ1) is 23.0. The van der Waals surface area contributed by atoms with Crippen LogP contribution in [0.15, 0.2) is 66.7 Å². The summed E-state index contributed by atoms with van der Waals surface area (Å²) >= 11 is 0. The third-order valence-electron chi connectivity index (χ3n) is 5.69. The van der Waals surface area contributed by atoms with E-state index < -0.39 is 29.8 Å². The smallest absolute Gasteiger partial charge is 0.407 e. The van der Waals surface area contributed by atoms with E-state index in [0.29, 0.717) is 0 Å². The lowest BCUT2D eigenvalue weighted by Gasteiger charge is -2.17. The Morgan fingerprint density at radius 3 is 2.24 bits per heavy atom. The Balaban J connectivity index is 1.31. The third-order valence-corrected chi connectivity index (χ3v) is 5.69. The minimum Gasteiger partial charge on any atom is -0.478 e. The number of halogens is 1. The molecular formula is C26H23FN2O5. The molecule has 3 aromatic rings. The summed E-state index contributed by atoms with van der Waals surface area (Å²) in [6.45, 7) is 1.76. The van der Waals surface area contributed by atoms with E-state index in [1.807, 2.05) is 48.5 Å². The van der Waals surface area contributed by atoms with Gasteiger partial charge in [0.05, 0.1) is 11.3 Å². The number of amides is 2. The fourth-order valence-corrected chi connectivity index (χ4v) is 4.13. The molecule has 0 saturated heterocycles. The average Bonchev–Trinajstić information content (AvgIpc) is 3.12. The van der Waals surface area contributed by atoms with Gasteiger partial charge >= 0.3 is 12.1 Å². The van der Waals surface area contributed by atoms with Gasteiger partial charge in [-0.25, -0.2) is 14.0 Å². The first-order valence-corrected chi connectivity index (χ1v) is 10.8. The summed E-state index contributed by atoms with van der Waals surface area (Å²) in [5, 5.41) is 14.0. The summed E-state index contributed by atoms with van der Waals surface area (Å²) in [4.78, 5) is 35.7. The number of fused-ring (bicyclic) bond motifs is 3. The van der Waals surface area contributed by atoms with E-state index >= 15 is 0 Å². The molecule has 7 nitrogen and oxygen atoms in total. The number of rotatable bonds is 7. The molecule has 0 fully saturated rings. The largest absolute Gasteiger partial charge is 0.478 e. The molecule has 0 bridgehead atoms. The number of alkyl carbamates (subject to hydrolysis) is 1. The van der Waals surface area contributed by atoms with E-state index in [-0.39, 0.29) is 30.2 Å². The van der Waals surface area contributed by atoms with Gasteiger partial charge in [-0.2, -0.15) is 0 Å². The number of carboxylic acids is 1. The second-order valence-corrected chi connectivity index (χ2v) is 8.12. The molecule has 0 spiro atoms. The molecule has 0 aromatic heterocycles. The third kappa shape index (κ3) is 4.91. The minimum atomic E-state index is -1.24. The number of carbonyl (C=O) groups is 3. The molecular weight excluding hydrogens is 439 g/mol. The minimum absolute atomic E-state index is 0.0822. The molecule has 4 rings (SSSR count). The van der Waals surface area contributed by atoms with E-state index in [2.05, 4.69) is 10.6 Å². The Labute approximate surface area is 195 Å². The Kier molecular flexibility index (Phi) is 6.58.